The van der Waals surface area contributed by atoms with Crippen molar-refractivity contribution < 1.29 is 4.42 Å². The van der Waals surface area contributed by atoms with Gasteiger partial charge in [-0.05, 0) is 38.8 Å². The molecule has 23 heavy (non-hydrogen) atoms. The minimum absolute atomic E-state index is 0.559. The third-order valence-corrected chi connectivity index (χ3v) is 4.73. The molecule has 4 rings (SSSR count). The Balaban J connectivity index is 1.48. The van der Waals surface area contributed by atoms with Crippen molar-refractivity contribution in [1.29, 1.82) is 0 Å². The third kappa shape index (κ3) is 3.01. The minimum atomic E-state index is 0.559. The fourth-order valence-electron chi connectivity index (χ4n) is 2.53. The zero-order valence-corrected chi connectivity index (χ0v) is 13.9. The predicted octanol–water partition coefficient (Wildman–Crippen LogP) is 3.57. The Labute approximate surface area is 138 Å². The highest BCUT2D eigenvalue weighted by atomic mass is 32.2. The van der Waals surface area contributed by atoms with Crippen molar-refractivity contribution in [3.05, 3.63) is 41.5 Å². The van der Waals surface area contributed by atoms with Crippen molar-refractivity contribution in [3.63, 3.8) is 0 Å². The van der Waals surface area contributed by atoms with Gasteiger partial charge in [-0.15, -0.1) is 20.4 Å². The predicted molar refractivity (Wildman–Crippen MR) is 87.1 cm³/mol. The molecule has 118 valence electrons. The number of rotatable bonds is 5. The van der Waals surface area contributed by atoms with E-state index in [1.54, 1.807) is 11.8 Å². The molecule has 1 aliphatic rings. The number of nitrogens with zero attached hydrogens (tertiary/aromatic N) is 5. The molecule has 1 aromatic carbocycles. The van der Waals surface area contributed by atoms with Crippen LogP contribution in [0.25, 0.3) is 11.5 Å². The first-order chi connectivity index (χ1) is 11.2. The molecule has 0 aliphatic heterocycles. The molecule has 7 heteroatoms. The zero-order chi connectivity index (χ0) is 15.8. The first kappa shape index (κ1) is 14.4. The van der Waals surface area contributed by atoms with Crippen LogP contribution in [-0.4, -0.2) is 25.0 Å². The van der Waals surface area contributed by atoms with Crippen LogP contribution in [0.15, 0.2) is 33.8 Å². The van der Waals surface area contributed by atoms with Crippen molar-refractivity contribution in [2.75, 3.05) is 0 Å². The fraction of sp³-hybridized carbons (Fsp3) is 0.375. The number of thioether (sulfide) groups is 1. The van der Waals surface area contributed by atoms with Crippen LogP contribution < -0.4 is 0 Å². The summed E-state index contributed by atoms with van der Waals surface area (Å²) in [5, 5.41) is 17.6. The molecule has 1 aliphatic carbocycles. The number of hydrogen-bond acceptors (Lipinski definition) is 6. The Hall–Kier alpha value is -2.15. The Bertz CT molecular complexity index is 837. The summed E-state index contributed by atoms with van der Waals surface area (Å²) in [6.45, 7) is 4.04. The van der Waals surface area contributed by atoms with Gasteiger partial charge in [0, 0.05) is 11.6 Å². The van der Waals surface area contributed by atoms with Crippen molar-refractivity contribution in [3.8, 4) is 11.5 Å². The average Bonchev–Trinajstić information content (AvgIpc) is 3.14. The summed E-state index contributed by atoms with van der Waals surface area (Å²) >= 11 is 1.59. The van der Waals surface area contributed by atoms with Crippen LogP contribution >= 0.6 is 11.8 Å². The van der Waals surface area contributed by atoms with Crippen LogP contribution in [0.4, 0.5) is 0 Å². The molecule has 0 bridgehead atoms. The average molecular weight is 327 g/mol. The van der Waals surface area contributed by atoms with Gasteiger partial charge in [-0.2, -0.15) is 0 Å². The highest BCUT2D eigenvalue weighted by molar-refractivity contribution is 7.98. The standard InChI is InChI=1S/C16H17N5OS/c1-10-4-3-5-12(8-10)15-19-18-14(22-15)9-23-16-20-17-11(2)21(16)13-6-7-13/h3-5,8,13H,6-7,9H2,1-2H3. The van der Waals surface area contributed by atoms with E-state index in [1.807, 2.05) is 38.1 Å². The van der Waals surface area contributed by atoms with Crippen LogP contribution in [-0.2, 0) is 5.75 Å². The lowest BCUT2D eigenvalue weighted by molar-refractivity contribution is 0.528. The normalized spacial score (nSPS) is 14.3. The number of aryl methyl sites for hydroxylation is 2. The van der Waals surface area contributed by atoms with Gasteiger partial charge in [0.1, 0.15) is 5.82 Å². The summed E-state index contributed by atoms with van der Waals surface area (Å²) < 4.78 is 7.98. The first-order valence-electron chi connectivity index (χ1n) is 7.64. The third-order valence-electron chi connectivity index (χ3n) is 3.80. The van der Waals surface area contributed by atoms with Gasteiger partial charge in [-0.25, -0.2) is 0 Å². The van der Waals surface area contributed by atoms with Crippen molar-refractivity contribution in [1.82, 2.24) is 25.0 Å². The van der Waals surface area contributed by atoms with E-state index in [-0.39, 0.29) is 0 Å². The lowest BCUT2D eigenvalue weighted by Crippen LogP contribution is -1.99. The molecule has 3 aromatic rings. The summed E-state index contributed by atoms with van der Waals surface area (Å²) in [5.74, 6) is 2.74. The molecule has 0 spiro atoms. The van der Waals surface area contributed by atoms with Crippen LogP contribution in [0, 0.1) is 13.8 Å². The highest BCUT2D eigenvalue weighted by Crippen LogP contribution is 2.39. The topological polar surface area (TPSA) is 69.6 Å². The maximum atomic E-state index is 5.77. The van der Waals surface area contributed by atoms with E-state index in [0.29, 0.717) is 23.6 Å². The smallest absolute Gasteiger partial charge is 0.247 e. The maximum absolute atomic E-state index is 5.77. The van der Waals surface area contributed by atoms with Gasteiger partial charge in [0.2, 0.25) is 11.8 Å². The Kier molecular flexibility index (Phi) is 3.65. The van der Waals surface area contributed by atoms with Crippen LogP contribution in [0.2, 0.25) is 0 Å². The van der Waals surface area contributed by atoms with E-state index in [4.69, 9.17) is 4.42 Å². The summed E-state index contributed by atoms with van der Waals surface area (Å²) in [5.41, 5.74) is 2.12. The highest BCUT2D eigenvalue weighted by Gasteiger charge is 2.28. The zero-order valence-electron chi connectivity index (χ0n) is 13.1. The van der Waals surface area contributed by atoms with E-state index in [1.165, 1.54) is 18.4 Å². The van der Waals surface area contributed by atoms with Crippen molar-refractivity contribution in [2.24, 2.45) is 0 Å². The molecule has 1 fully saturated rings. The van der Waals surface area contributed by atoms with Gasteiger partial charge in [-0.1, -0.05) is 29.5 Å². The van der Waals surface area contributed by atoms with Gasteiger partial charge in [0.25, 0.3) is 0 Å². The molecule has 0 saturated heterocycles. The van der Waals surface area contributed by atoms with Gasteiger partial charge < -0.3 is 8.98 Å². The SMILES string of the molecule is Cc1cccc(-c2nnc(CSc3nnc(C)n3C3CC3)o2)c1. The summed E-state index contributed by atoms with van der Waals surface area (Å²) in [6.07, 6.45) is 2.43. The van der Waals surface area contributed by atoms with E-state index >= 15 is 0 Å². The monoisotopic (exact) mass is 327 g/mol. The molecule has 2 aromatic heterocycles. The van der Waals surface area contributed by atoms with Gasteiger partial charge in [0.05, 0.1) is 5.75 Å². The van der Waals surface area contributed by atoms with Gasteiger partial charge in [-0.3, -0.25) is 0 Å². The lowest BCUT2D eigenvalue weighted by Gasteiger charge is -2.04. The second kappa shape index (κ2) is 5.81. The maximum Gasteiger partial charge on any atom is 0.247 e. The minimum Gasteiger partial charge on any atom is -0.420 e. The Morgan fingerprint density at radius 3 is 2.83 bits per heavy atom. The largest absolute Gasteiger partial charge is 0.420 e. The summed E-state index contributed by atoms with van der Waals surface area (Å²) in [4.78, 5) is 0. The Morgan fingerprint density at radius 2 is 2.04 bits per heavy atom. The number of aromatic nitrogens is 5. The molecule has 1 saturated carbocycles. The van der Waals surface area contributed by atoms with Gasteiger partial charge >= 0.3 is 0 Å². The fourth-order valence-corrected chi connectivity index (χ4v) is 3.42. The van der Waals surface area contributed by atoms with Crippen molar-refractivity contribution in [2.45, 2.75) is 43.6 Å². The molecule has 2 heterocycles. The molecule has 0 atom stereocenters. The second-order valence-electron chi connectivity index (χ2n) is 5.79. The molecule has 0 amide bonds. The molecule has 0 radical (unpaired) electrons. The molecular formula is C16H17N5OS. The summed E-state index contributed by atoms with van der Waals surface area (Å²) in [6, 6.07) is 8.62. The van der Waals surface area contributed by atoms with E-state index in [2.05, 4.69) is 25.0 Å². The van der Waals surface area contributed by atoms with E-state index < -0.39 is 0 Å². The van der Waals surface area contributed by atoms with E-state index in [0.717, 1.165) is 16.5 Å². The van der Waals surface area contributed by atoms with Crippen molar-refractivity contribution >= 4 is 11.8 Å². The molecule has 0 unspecified atom stereocenters. The molecule has 6 nitrogen and oxygen atoms in total. The van der Waals surface area contributed by atoms with Crippen LogP contribution in [0.1, 0.15) is 36.2 Å². The first-order valence-corrected chi connectivity index (χ1v) is 8.63. The van der Waals surface area contributed by atoms with E-state index in [9.17, 15) is 0 Å². The van der Waals surface area contributed by atoms with Crippen LogP contribution in [0.3, 0.4) is 0 Å². The summed E-state index contributed by atoms with van der Waals surface area (Å²) in [7, 11) is 0. The molecular weight excluding hydrogens is 310 g/mol. The van der Waals surface area contributed by atoms with Crippen LogP contribution in [0.5, 0.6) is 0 Å². The lowest BCUT2D eigenvalue weighted by atomic mass is 10.1. The number of benzene rings is 1. The Morgan fingerprint density at radius 1 is 1.17 bits per heavy atom. The molecule has 0 N–H and O–H groups in total. The van der Waals surface area contributed by atoms with Gasteiger partial charge in [0.15, 0.2) is 5.16 Å². The number of hydrogen-bond donors (Lipinski definition) is 0. The quantitative estimate of drug-likeness (QED) is 0.667. The second-order valence-corrected chi connectivity index (χ2v) is 6.73.